The first-order valence-electron chi connectivity index (χ1n) is 5.42. The molecule has 0 aromatic carbocycles. The normalized spacial score (nSPS) is 35.3. The number of carbonyl (C=O) groups is 1. The summed E-state index contributed by atoms with van der Waals surface area (Å²) in [5, 5.41) is 6.41. The summed E-state index contributed by atoms with van der Waals surface area (Å²) in [6, 6.07) is 0.448. The predicted molar refractivity (Wildman–Crippen MR) is 55.8 cm³/mol. The van der Waals surface area contributed by atoms with Gasteiger partial charge in [0.05, 0.1) is 0 Å². The Morgan fingerprint density at radius 2 is 2.14 bits per heavy atom. The highest BCUT2D eigenvalue weighted by atomic mass is 16.1. The second-order valence-electron chi connectivity index (χ2n) is 4.28. The molecule has 0 bridgehead atoms. The molecule has 2 rings (SSSR count). The van der Waals surface area contributed by atoms with Gasteiger partial charge in [0, 0.05) is 24.7 Å². The number of hydrogen-bond donors (Lipinski definition) is 2. The fraction of sp³-hybridized carbons (Fsp3) is 0.727. The highest BCUT2D eigenvalue weighted by Gasteiger charge is 2.53. The zero-order chi connectivity index (χ0) is 10.1. The molecule has 0 aromatic heterocycles. The maximum Gasteiger partial charge on any atom is 0.246 e. The Bertz CT molecular complexity index is 262. The average Bonchev–Trinajstić information content (AvgIpc) is 2.64. The van der Waals surface area contributed by atoms with Crippen molar-refractivity contribution in [1.82, 2.24) is 10.6 Å². The molecule has 2 aliphatic rings. The molecule has 1 aliphatic carbocycles. The highest BCUT2D eigenvalue weighted by Crippen LogP contribution is 2.41. The second kappa shape index (κ2) is 3.73. The van der Waals surface area contributed by atoms with Crippen molar-refractivity contribution in [2.45, 2.75) is 26.3 Å². The van der Waals surface area contributed by atoms with Gasteiger partial charge in [-0.25, -0.2) is 0 Å². The van der Waals surface area contributed by atoms with Gasteiger partial charge in [0.2, 0.25) is 5.91 Å². The minimum absolute atomic E-state index is 0.117. The Labute approximate surface area is 84.9 Å². The third kappa shape index (κ3) is 1.69. The molecule has 0 aromatic rings. The van der Waals surface area contributed by atoms with Crippen LogP contribution in [-0.2, 0) is 4.79 Å². The van der Waals surface area contributed by atoms with Gasteiger partial charge in [-0.05, 0) is 25.2 Å². The van der Waals surface area contributed by atoms with Crippen molar-refractivity contribution >= 4 is 5.91 Å². The summed E-state index contributed by atoms with van der Waals surface area (Å²) < 4.78 is 0. The van der Waals surface area contributed by atoms with Crippen molar-refractivity contribution in [2.24, 2.45) is 11.8 Å². The van der Waals surface area contributed by atoms with E-state index in [9.17, 15) is 4.79 Å². The van der Waals surface area contributed by atoms with Crippen molar-refractivity contribution < 1.29 is 4.79 Å². The molecular formula is C11H18N2O. The molecule has 14 heavy (non-hydrogen) atoms. The molecule has 1 heterocycles. The van der Waals surface area contributed by atoms with E-state index in [1.807, 2.05) is 19.9 Å². The Kier molecular flexibility index (Phi) is 2.59. The van der Waals surface area contributed by atoms with E-state index in [-0.39, 0.29) is 5.91 Å². The lowest BCUT2D eigenvalue weighted by atomic mass is 10.2. The van der Waals surface area contributed by atoms with Gasteiger partial charge >= 0.3 is 0 Å². The lowest BCUT2D eigenvalue weighted by molar-refractivity contribution is -0.117. The standard InChI is InChI=1S/C11H18N2O/c1-3-4-7(2)11(14)13-10-8-5-12-6-9(8)10/h4,8-10,12H,3,5-6H2,1-2H3,(H,13,14)/b7-4-. The molecule has 2 fully saturated rings. The first-order valence-corrected chi connectivity index (χ1v) is 5.42. The molecule has 3 nitrogen and oxygen atoms in total. The van der Waals surface area contributed by atoms with Crippen LogP contribution in [0.25, 0.3) is 0 Å². The summed E-state index contributed by atoms with van der Waals surface area (Å²) >= 11 is 0. The van der Waals surface area contributed by atoms with Gasteiger partial charge in [-0.1, -0.05) is 13.0 Å². The number of nitrogens with one attached hydrogen (secondary N) is 2. The smallest absolute Gasteiger partial charge is 0.246 e. The van der Waals surface area contributed by atoms with Crippen molar-refractivity contribution in [1.29, 1.82) is 0 Å². The molecule has 2 N–H and O–H groups in total. The number of amides is 1. The third-order valence-electron chi connectivity index (χ3n) is 3.26. The maximum atomic E-state index is 11.6. The SMILES string of the molecule is CC/C=C(/C)C(=O)NC1C2CNCC21. The van der Waals surface area contributed by atoms with Crippen molar-refractivity contribution in [2.75, 3.05) is 13.1 Å². The van der Waals surface area contributed by atoms with Crippen LogP contribution >= 0.6 is 0 Å². The summed E-state index contributed by atoms with van der Waals surface area (Å²) in [6.45, 7) is 6.08. The summed E-state index contributed by atoms with van der Waals surface area (Å²) in [5.74, 6) is 1.52. The largest absolute Gasteiger partial charge is 0.349 e. The summed E-state index contributed by atoms with van der Waals surface area (Å²) in [6.07, 6.45) is 2.91. The summed E-state index contributed by atoms with van der Waals surface area (Å²) in [4.78, 5) is 11.6. The minimum atomic E-state index is 0.117. The highest BCUT2D eigenvalue weighted by molar-refractivity contribution is 5.93. The number of carbonyl (C=O) groups excluding carboxylic acids is 1. The van der Waals surface area contributed by atoms with Crippen LogP contribution in [0.4, 0.5) is 0 Å². The molecular weight excluding hydrogens is 176 g/mol. The van der Waals surface area contributed by atoms with Gasteiger partial charge in [-0.15, -0.1) is 0 Å². The summed E-state index contributed by atoms with van der Waals surface area (Å²) in [7, 11) is 0. The third-order valence-corrected chi connectivity index (χ3v) is 3.26. The zero-order valence-electron chi connectivity index (χ0n) is 8.84. The van der Waals surface area contributed by atoms with Crippen LogP contribution in [0.1, 0.15) is 20.3 Å². The second-order valence-corrected chi connectivity index (χ2v) is 4.28. The van der Waals surface area contributed by atoms with E-state index < -0.39 is 0 Å². The number of rotatable bonds is 3. The zero-order valence-corrected chi connectivity index (χ0v) is 8.84. The Hall–Kier alpha value is -0.830. The Morgan fingerprint density at radius 3 is 2.71 bits per heavy atom. The molecule has 1 aliphatic heterocycles. The van der Waals surface area contributed by atoms with Gasteiger partial charge in [0.15, 0.2) is 0 Å². The number of hydrogen-bond acceptors (Lipinski definition) is 2. The van der Waals surface area contributed by atoms with E-state index in [0.29, 0.717) is 17.9 Å². The van der Waals surface area contributed by atoms with E-state index >= 15 is 0 Å². The lowest BCUT2D eigenvalue weighted by Gasteiger charge is -2.07. The van der Waals surface area contributed by atoms with E-state index in [1.165, 1.54) is 0 Å². The van der Waals surface area contributed by atoms with E-state index in [4.69, 9.17) is 0 Å². The Balaban J connectivity index is 1.82. The van der Waals surface area contributed by atoms with Crippen LogP contribution < -0.4 is 10.6 Å². The maximum absolute atomic E-state index is 11.6. The summed E-state index contributed by atoms with van der Waals surface area (Å²) in [5.41, 5.74) is 0.852. The number of piperidine rings is 1. The lowest BCUT2D eigenvalue weighted by Crippen LogP contribution is -2.32. The quantitative estimate of drug-likeness (QED) is 0.649. The van der Waals surface area contributed by atoms with Crippen molar-refractivity contribution in [3.05, 3.63) is 11.6 Å². The molecule has 1 saturated carbocycles. The van der Waals surface area contributed by atoms with Gasteiger partial charge < -0.3 is 10.6 Å². The average molecular weight is 194 g/mol. The number of fused-ring (bicyclic) bond motifs is 1. The predicted octanol–water partition coefficient (Wildman–Crippen LogP) is 0.677. The topological polar surface area (TPSA) is 41.1 Å². The van der Waals surface area contributed by atoms with Gasteiger partial charge in [0.1, 0.15) is 0 Å². The van der Waals surface area contributed by atoms with Crippen LogP contribution in [0.3, 0.4) is 0 Å². The van der Waals surface area contributed by atoms with Crippen molar-refractivity contribution in [3.63, 3.8) is 0 Å². The minimum Gasteiger partial charge on any atom is -0.349 e. The molecule has 0 spiro atoms. The van der Waals surface area contributed by atoms with E-state index in [0.717, 1.165) is 25.1 Å². The fourth-order valence-electron chi connectivity index (χ4n) is 2.30. The molecule has 1 saturated heterocycles. The molecule has 2 unspecified atom stereocenters. The van der Waals surface area contributed by atoms with Gasteiger partial charge in [-0.3, -0.25) is 4.79 Å². The first-order chi connectivity index (χ1) is 6.74. The van der Waals surface area contributed by atoms with Crippen molar-refractivity contribution in [3.8, 4) is 0 Å². The van der Waals surface area contributed by atoms with Crippen LogP contribution in [0.2, 0.25) is 0 Å². The van der Waals surface area contributed by atoms with Crippen LogP contribution in [-0.4, -0.2) is 25.0 Å². The van der Waals surface area contributed by atoms with Crippen LogP contribution in [0.5, 0.6) is 0 Å². The molecule has 3 heteroatoms. The number of allylic oxidation sites excluding steroid dienone is 1. The molecule has 1 amide bonds. The van der Waals surface area contributed by atoms with E-state index in [1.54, 1.807) is 0 Å². The van der Waals surface area contributed by atoms with Gasteiger partial charge in [0.25, 0.3) is 0 Å². The Morgan fingerprint density at radius 1 is 1.50 bits per heavy atom. The fourth-order valence-corrected chi connectivity index (χ4v) is 2.30. The van der Waals surface area contributed by atoms with E-state index in [2.05, 4.69) is 10.6 Å². The first kappa shape index (κ1) is 9.71. The molecule has 2 atom stereocenters. The molecule has 0 radical (unpaired) electrons. The molecule has 78 valence electrons. The van der Waals surface area contributed by atoms with Crippen LogP contribution in [0.15, 0.2) is 11.6 Å². The monoisotopic (exact) mass is 194 g/mol. The van der Waals surface area contributed by atoms with Crippen LogP contribution in [0, 0.1) is 11.8 Å². The van der Waals surface area contributed by atoms with Gasteiger partial charge in [-0.2, -0.15) is 0 Å².